The number of carbonyl (C=O) groups is 2. The van der Waals surface area contributed by atoms with E-state index in [4.69, 9.17) is 11.6 Å². The highest BCUT2D eigenvalue weighted by Gasteiger charge is 2.29. The second-order valence-corrected chi connectivity index (χ2v) is 8.00. The molecule has 1 fully saturated rings. The van der Waals surface area contributed by atoms with Crippen LogP contribution in [0.5, 0.6) is 0 Å². The number of halogens is 1. The number of fused-ring (bicyclic) bond motifs is 1. The van der Waals surface area contributed by atoms with Crippen molar-refractivity contribution in [3.05, 3.63) is 62.5 Å². The Morgan fingerprint density at radius 3 is 2.43 bits per heavy atom. The molecule has 2 aromatic rings. The van der Waals surface area contributed by atoms with Gasteiger partial charge in [0.2, 0.25) is 0 Å². The van der Waals surface area contributed by atoms with Crippen molar-refractivity contribution in [2.24, 2.45) is 0 Å². The standard InChI is InChI=1S/C21H22ClN3O3/c1-23-9-11-24(12-10-23)20(27)17-13-16-18(3-2-4-19(16)26)25(21(17)28)15-7-5-14(22)6-8-15/h5-8,13H,2-4,9-12H2,1H3/p+1. The Balaban J connectivity index is 1.86. The lowest BCUT2D eigenvalue weighted by molar-refractivity contribution is -0.883. The average Bonchev–Trinajstić information content (AvgIpc) is 2.69. The smallest absolute Gasteiger partial charge is 0.268 e. The summed E-state index contributed by atoms with van der Waals surface area (Å²) in [6.07, 6.45) is 1.77. The maximum atomic E-state index is 13.3. The van der Waals surface area contributed by atoms with Gasteiger partial charge in [0.25, 0.3) is 11.5 Å². The predicted molar refractivity (Wildman–Crippen MR) is 107 cm³/mol. The molecule has 146 valence electrons. The van der Waals surface area contributed by atoms with E-state index in [-0.39, 0.29) is 22.8 Å². The van der Waals surface area contributed by atoms with Crippen LogP contribution >= 0.6 is 11.6 Å². The zero-order valence-corrected chi connectivity index (χ0v) is 16.6. The highest BCUT2D eigenvalue weighted by atomic mass is 35.5. The molecule has 1 N–H and O–H groups in total. The highest BCUT2D eigenvalue weighted by molar-refractivity contribution is 6.30. The van der Waals surface area contributed by atoms with Crippen LogP contribution in [0.25, 0.3) is 5.69 Å². The minimum atomic E-state index is -0.368. The molecule has 0 saturated carbocycles. The maximum Gasteiger partial charge on any atom is 0.268 e. The Labute approximate surface area is 168 Å². The summed E-state index contributed by atoms with van der Waals surface area (Å²) >= 11 is 6.00. The molecule has 0 atom stereocenters. The van der Waals surface area contributed by atoms with Gasteiger partial charge in [0, 0.05) is 28.4 Å². The van der Waals surface area contributed by atoms with Gasteiger partial charge in [0.1, 0.15) is 5.56 Å². The second-order valence-electron chi connectivity index (χ2n) is 7.56. The molecule has 0 spiro atoms. The first-order valence-electron chi connectivity index (χ1n) is 9.64. The van der Waals surface area contributed by atoms with E-state index < -0.39 is 0 Å². The summed E-state index contributed by atoms with van der Waals surface area (Å²) in [6, 6.07) is 8.43. The van der Waals surface area contributed by atoms with Crippen LogP contribution in [-0.4, -0.2) is 54.4 Å². The summed E-state index contributed by atoms with van der Waals surface area (Å²) in [5, 5.41) is 0.564. The third-order valence-electron chi connectivity index (χ3n) is 5.64. The number of nitrogens with zero attached hydrogens (tertiary/aromatic N) is 2. The fourth-order valence-electron chi connectivity index (χ4n) is 3.97. The molecule has 28 heavy (non-hydrogen) atoms. The van der Waals surface area contributed by atoms with Crippen molar-refractivity contribution >= 4 is 23.3 Å². The van der Waals surface area contributed by atoms with Crippen molar-refractivity contribution in [3.63, 3.8) is 0 Å². The topological polar surface area (TPSA) is 63.8 Å². The van der Waals surface area contributed by atoms with Crippen LogP contribution in [0.4, 0.5) is 0 Å². The number of carbonyl (C=O) groups excluding carboxylic acids is 2. The number of piperazine rings is 1. The SMILES string of the molecule is C[NH+]1CCN(C(=O)c2cc3c(n(-c4ccc(Cl)cc4)c2=O)CCCC3=O)CC1. The molecule has 7 heteroatoms. The Morgan fingerprint density at radius 1 is 1.07 bits per heavy atom. The number of nitrogens with one attached hydrogen (secondary N) is 1. The lowest BCUT2D eigenvalue weighted by Gasteiger charge is -2.30. The zero-order chi connectivity index (χ0) is 19.8. The van der Waals surface area contributed by atoms with E-state index in [1.165, 1.54) is 15.5 Å². The summed E-state index contributed by atoms with van der Waals surface area (Å²) in [5.74, 6) is -0.303. The molecular weight excluding hydrogens is 378 g/mol. The van der Waals surface area contributed by atoms with Crippen LogP contribution in [-0.2, 0) is 6.42 Å². The van der Waals surface area contributed by atoms with Crippen LogP contribution in [0, 0.1) is 0 Å². The molecule has 6 nitrogen and oxygen atoms in total. The van der Waals surface area contributed by atoms with Gasteiger partial charge < -0.3 is 9.80 Å². The van der Waals surface area contributed by atoms with Gasteiger partial charge in [-0.15, -0.1) is 0 Å². The molecule has 0 unspecified atom stereocenters. The number of hydrogen-bond acceptors (Lipinski definition) is 3. The fourth-order valence-corrected chi connectivity index (χ4v) is 4.10. The van der Waals surface area contributed by atoms with Crippen molar-refractivity contribution < 1.29 is 14.5 Å². The molecule has 2 heterocycles. The van der Waals surface area contributed by atoms with Gasteiger partial charge in [0.15, 0.2) is 5.78 Å². The van der Waals surface area contributed by atoms with Gasteiger partial charge in [-0.3, -0.25) is 19.0 Å². The average molecular weight is 401 g/mol. The van der Waals surface area contributed by atoms with Crippen LogP contribution in [0.2, 0.25) is 5.02 Å². The number of rotatable bonds is 2. The van der Waals surface area contributed by atoms with Gasteiger partial charge >= 0.3 is 0 Å². The first-order chi connectivity index (χ1) is 13.5. The van der Waals surface area contributed by atoms with Crippen molar-refractivity contribution in [1.82, 2.24) is 9.47 Å². The van der Waals surface area contributed by atoms with E-state index >= 15 is 0 Å². The Bertz CT molecular complexity index is 989. The van der Waals surface area contributed by atoms with E-state index in [0.29, 0.717) is 54.3 Å². The Kier molecular flexibility index (Phi) is 5.08. The molecule has 2 aliphatic rings. The maximum absolute atomic E-state index is 13.3. The van der Waals surface area contributed by atoms with Gasteiger partial charge in [-0.2, -0.15) is 0 Å². The van der Waals surface area contributed by atoms with E-state index in [1.54, 1.807) is 29.2 Å². The number of likely N-dealkylation sites (N-methyl/N-ethyl adjacent to an activating group) is 1. The third-order valence-corrected chi connectivity index (χ3v) is 5.89. The monoisotopic (exact) mass is 400 g/mol. The Hall–Kier alpha value is -2.44. The first kappa shape index (κ1) is 18.9. The molecule has 1 aromatic heterocycles. The minimum Gasteiger partial charge on any atom is -0.334 e. The van der Waals surface area contributed by atoms with Crippen LogP contribution in [0.1, 0.15) is 39.3 Å². The van der Waals surface area contributed by atoms with Crippen LogP contribution in [0.15, 0.2) is 35.1 Å². The number of benzene rings is 1. The third kappa shape index (κ3) is 3.38. The van der Waals surface area contributed by atoms with Gasteiger partial charge in [-0.25, -0.2) is 0 Å². The summed E-state index contributed by atoms with van der Waals surface area (Å²) in [7, 11) is 2.09. The number of amides is 1. The number of aromatic nitrogens is 1. The van der Waals surface area contributed by atoms with Gasteiger partial charge in [-0.05, 0) is 43.2 Å². The number of hydrogen-bond donors (Lipinski definition) is 1. The molecular formula is C21H23ClN3O3+. The summed E-state index contributed by atoms with van der Waals surface area (Å²) in [6.45, 7) is 2.91. The molecule has 1 aromatic carbocycles. The lowest BCUT2D eigenvalue weighted by atomic mass is 9.92. The first-order valence-corrected chi connectivity index (χ1v) is 10.0. The van der Waals surface area contributed by atoms with Crippen molar-refractivity contribution in [1.29, 1.82) is 0 Å². The van der Waals surface area contributed by atoms with E-state index in [9.17, 15) is 14.4 Å². The zero-order valence-electron chi connectivity index (χ0n) is 15.8. The van der Waals surface area contributed by atoms with Crippen molar-refractivity contribution in [2.75, 3.05) is 33.2 Å². The normalized spacial score (nSPS) is 17.5. The molecule has 1 saturated heterocycles. The summed E-state index contributed by atoms with van der Waals surface area (Å²) < 4.78 is 1.53. The summed E-state index contributed by atoms with van der Waals surface area (Å²) in [5.41, 5.74) is 1.50. The molecule has 1 aliphatic carbocycles. The van der Waals surface area contributed by atoms with Crippen LogP contribution < -0.4 is 10.5 Å². The largest absolute Gasteiger partial charge is 0.334 e. The van der Waals surface area contributed by atoms with E-state index in [0.717, 1.165) is 13.1 Å². The van der Waals surface area contributed by atoms with Crippen molar-refractivity contribution in [2.45, 2.75) is 19.3 Å². The number of pyridine rings is 1. The van der Waals surface area contributed by atoms with Crippen molar-refractivity contribution in [3.8, 4) is 5.69 Å². The molecule has 0 bridgehead atoms. The number of quaternary nitrogens is 1. The Morgan fingerprint density at radius 2 is 1.75 bits per heavy atom. The summed E-state index contributed by atoms with van der Waals surface area (Å²) in [4.78, 5) is 42.1. The van der Waals surface area contributed by atoms with E-state index in [2.05, 4.69) is 7.05 Å². The van der Waals surface area contributed by atoms with Crippen LogP contribution in [0.3, 0.4) is 0 Å². The predicted octanol–water partition coefficient (Wildman–Crippen LogP) is 0.980. The molecule has 1 aliphatic heterocycles. The van der Waals surface area contributed by atoms with E-state index in [1.807, 2.05) is 0 Å². The molecule has 4 rings (SSSR count). The minimum absolute atomic E-state index is 0.0131. The number of Topliss-reactive ketones (excluding diaryl/α,β-unsaturated/α-hetero) is 1. The highest BCUT2D eigenvalue weighted by Crippen LogP contribution is 2.24. The lowest BCUT2D eigenvalue weighted by Crippen LogP contribution is -3.12. The fraction of sp³-hybridized carbons (Fsp3) is 0.381. The number of ketones is 1. The second kappa shape index (κ2) is 7.53. The quantitative estimate of drug-likeness (QED) is 0.817. The molecule has 1 amide bonds. The molecule has 0 radical (unpaired) electrons. The van der Waals surface area contributed by atoms with Gasteiger partial charge in [0.05, 0.1) is 33.2 Å². The van der Waals surface area contributed by atoms with Gasteiger partial charge in [-0.1, -0.05) is 11.6 Å².